The molecule has 0 unspecified atom stereocenters. The van der Waals surface area contributed by atoms with E-state index in [1.54, 1.807) is 58.6 Å². The summed E-state index contributed by atoms with van der Waals surface area (Å²) in [5.41, 5.74) is 2.26. The van der Waals surface area contributed by atoms with Gasteiger partial charge in [-0.3, -0.25) is 4.79 Å². The lowest BCUT2D eigenvalue weighted by atomic mass is 10.1. The molecule has 7 nitrogen and oxygen atoms in total. The second kappa shape index (κ2) is 10.6. The number of amides is 3. The van der Waals surface area contributed by atoms with Crippen LogP contribution in [0.15, 0.2) is 42.5 Å². The number of carbonyl (C=O) groups is 2. The molecule has 0 saturated carbocycles. The lowest BCUT2D eigenvalue weighted by Gasteiger charge is -2.10. The van der Waals surface area contributed by atoms with Crippen molar-refractivity contribution in [2.75, 3.05) is 34.9 Å². The van der Waals surface area contributed by atoms with Crippen LogP contribution in [0.2, 0.25) is 0 Å². The third-order valence-corrected chi connectivity index (χ3v) is 4.01. The van der Waals surface area contributed by atoms with E-state index in [0.717, 1.165) is 11.1 Å². The number of nitrogens with one attached hydrogen (secondary N) is 2. The van der Waals surface area contributed by atoms with Crippen LogP contribution in [0.5, 0.6) is 11.5 Å². The molecule has 0 radical (unpaired) electrons. The van der Waals surface area contributed by atoms with E-state index in [1.807, 2.05) is 12.1 Å². The highest BCUT2D eigenvalue weighted by Crippen LogP contribution is 2.27. The summed E-state index contributed by atoms with van der Waals surface area (Å²) in [6.45, 7) is 0.553. The summed E-state index contributed by atoms with van der Waals surface area (Å²) in [7, 11) is 6.55. The van der Waals surface area contributed by atoms with Crippen molar-refractivity contribution in [2.45, 2.75) is 6.54 Å². The van der Waals surface area contributed by atoms with Gasteiger partial charge in [-0.2, -0.15) is 0 Å². The van der Waals surface area contributed by atoms with Gasteiger partial charge in [0.1, 0.15) is 0 Å². The molecule has 2 rings (SSSR count). The normalized spacial score (nSPS) is 9.66. The number of benzene rings is 2. The van der Waals surface area contributed by atoms with Gasteiger partial charge in [-0.05, 0) is 42.0 Å². The highest BCUT2D eigenvalue weighted by atomic mass is 16.5. The molecule has 2 aromatic carbocycles. The average Bonchev–Trinajstić information content (AvgIpc) is 2.74. The summed E-state index contributed by atoms with van der Waals surface area (Å²) in [5.74, 6) is 7.01. The largest absolute Gasteiger partial charge is 0.493 e. The van der Waals surface area contributed by atoms with Crippen molar-refractivity contribution in [3.05, 3.63) is 59.2 Å². The topological polar surface area (TPSA) is 79.9 Å². The molecule has 0 aliphatic carbocycles. The molecule has 152 valence electrons. The fraction of sp³-hybridized carbons (Fsp3) is 0.273. The number of carbonyl (C=O) groups excluding carboxylic acids is 2. The molecule has 0 aliphatic heterocycles. The van der Waals surface area contributed by atoms with Crippen molar-refractivity contribution < 1.29 is 19.1 Å². The lowest BCUT2D eigenvalue weighted by molar-refractivity contribution is 0.0827. The number of ether oxygens (including phenoxy) is 2. The Labute approximate surface area is 171 Å². The highest BCUT2D eigenvalue weighted by Gasteiger charge is 2.07. The standard InChI is InChI=1S/C22H25N3O4/c1-25(2)21(26)18-10-7-16(8-11-18)6-5-13-23-22(27)24-15-17-9-12-19(28-3)20(14-17)29-4/h7-12,14H,13,15H2,1-4H3,(H2,23,24,27). The van der Waals surface area contributed by atoms with Gasteiger partial charge in [-0.25, -0.2) is 4.79 Å². The van der Waals surface area contributed by atoms with Crippen LogP contribution in [0.25, 0.3) is 0 Å². The molecule has 7 heteroatoms. The number of hydrogen-bond acceptors (Lipinski definition) is 4. The smallest absolute Gasteiger partial charge is 0.315 e. The maximum absolute atomic E-state index is 11.9. The molecule has 29 heavy (non-hydrogen) atoms. The van der Waals surface area contributed by atoms with Crippen LogP contribution in [0.4, 0.5) is 4.79 Å². The van der Waals surface area contributed by atoms with Crippen LogP contribution >= 0.6 is 0 Å². The molecule has 0 spiro atoms. The van der Waals surface area contributed by atoms with Crippen LogP contribution in [0.1, 0.15) is 21.5 Å². The zero-order valence-electron chi connectivity index (χ0n) is 17.0. The summed E-state index contributed by atoms with van der Waals surface area (Å²) in [5, 5.41) is 5.44. The molecule has 0 aromatic heterocycles. The molecule has 2 aromatic rings. The van der Waals surface area contributed by atoms with E-state index < -0.39 is 0 Å². The zero-order valence-corrected chi connectivity index (χ0v) is 17.0. The summed E-state index contributed by atoms with van der Waals surface area (Å²) >= 11 is 0. The SMILES string of the molecule is COc1ccc(CNC(=O)NCC#Cc2ccc(C(=O)N(C)C)cc2)cc1OC. The van der Waals surface area contributed by atoms with E-state index in [2.05, 4.69) is 22.5 Å². The van der Waals surface area contributed by atoms with Gasteiger partial charge < -0.3 is 25.0 Å². The molecule has 2 N–H and O–H groups in total. The Morgan fingerprint density at radius 2 is 1.66 bits per heavy atom. The van der Waals surface area contributed by atoms with Crippen molar-refractivity contribution in [1.29, 1.82) is 0 Å². The van der Waals surface area contributed by atoms with Gasteiger partial charge in [0.05, 0.1) is 20.8 Å². The number of methoxy groups -OCH3 is 2. The number of hydrogen-bond donors (Lipinski definition) is 2. The number of rotatable bonds is 6. The van der Waals surface area contributed by atoms with E-state index in [0.29, 0.717) is 23.6 Å². The summed E-state index contributed by atoms with van der Waals surface area (Å²) in [4.78, 5) is 25.3. The summed E-state index contributed by atoms with van der Waals surface area (Å²) in [6.07, 6.45) is 0. The zero-order chi connectivity index (χ0) is 21.2. The maximum atomic E-state index is 11.9. The Balaban J connectivity index is 1.80. The van der Waals surface area contributed by atoms with Gasteiger partial charge in [0.2, 0.25) is 0 Å². The summed E-state index contributed by atoms with van der Waals surface area (Å²) < 4.78 is 10.4. The second-order valence-corrected chi connectivity index (χ2v) is 6.30. The van der Waals surface area contributed by atoms with Crippen LogP contribution < -0.4 is 20.1 Å². The quantitative estimate of drug-likeness (QED) is 0.736. The van der Waals surface area contributed by atoms with Crippen molar-refractivity contribution in [2.24, 2.45) is 0 Å². The first-order valence-electron chi connectivity index (χ1n) is 8.97. The third kappa shape index (κ3) is 6.47. The van der Waals surface area contributed by atoms with Crippen molar-refractivity contribution in [3.63, 3.8) is 0 Å². The average molecular weight is 395 g/mol. The second-order valence-electron chi connectivity index (χ2n) is 6.30. The van der Waals surface area contributed by atoms with E-state index in [4.69, 9.17) is 9.47 Å². The first-order valence-corrected chi connectivity index (χ1v) is 8.97. The minimum absolute atomic E-state index is 0.0580. The minimum Gasteiger partial charge on any atom is -0.493 e. The van der Waals surface area contributed by atoms with Gasteiger partial charge in [-0.1, -0.05) is 17.9 Å². The Hall–Kier alpha value is -3.66. The van der Waals surface area contributed by atoms with E-state index in [9.17, 15) is 9.59 Å². The maximum Gasteiger partial charge on any atom is 0.315 e. The fourth-order valence-corrected chi connectivity index (χ4v) is 2.46. The Kier molecular flexibility index (Phi) is 7.92. The molecule has 0 saturated heterocycles. The lowest BCUT2D eigenvalue weighted by Crippen LogP contribution is -2.35. The first kappa shape index (κ1) is 21.6. The predicted molar refractivity (Wildman–Crippen MR) is 111 cm³/mol. The van der Waals surface area contributed by atoms with Crippen LogP contribution in [-0.2, 0) is 6.54 Å². The van der Waals surface area contributed by atoms with E-state index in [1.165, 1.54) is 4.90 Å². The number of urea groups is 1. The Morgan fingerprint density at radius 1 is 0.966 bits per heavy atom. The van der Waals surface area contributed by atoms with E-state index >= 15 is 0 Å². The monoisotopic (exact) mass is 395 g/mol. The minimum atomic E-state index is -0.319. The first-order chi connectivity index (χ1) is 13.9. The molecular formula is C22H25N3O4. The van der Waals surface area contributed by atoms with Crippen molar-refractivity contribution >= 4 is 11.9 Å². The Bertz CT molecular complexity index is 912. The predicted octanol–water partition coefficient (Wildman–Crippen LogP) is 2.26. The molecule has 3 amide bonds. The van der Waals surface area contributed by atoms with Crippen LogP contribution in [-0.4, -0.2) is 51.7 Å². The van der Waals surface area contributed by atoms with Gasteiger partial charge >= 0.3 is 6.03 Å². The fourth-order valence-electron chi connectivity index (χ4n) is 2.46. The molecule has 0 atom stereocenters. The van der Waals surface area contributed by atoms with Gasteiger partial charge in [0.15, 0.2) is 11.5 Å². The molecule has 0 heterocycles. The molecule has 0 aliphatic rings. The van der Waals surface area contributed by atoms with Crippen LogP contribution in [0, 0.1) is 11.8 Å². The van der Waals surface area contributed by atoms with Gasteiger partial charge in [0, 0.05) is 31.8 Å². The van der Waals surface area contributed by atoms with E-state index in [-0.39, 0.29) is 18.5 Å². The van der Waals surface area contributed by atoms with Crippen LogP contribution in [0.3, 0.4) is 0 Å². The molecular weight excluding hydrogens is 370 g/mol. The Morgan fingerprint density at radius 3 is 2.28 bits per heavy atom. The molecule has 0 fully saturated rings. The third-order valence-electron chi connectivity index (χ3n) is 4.01. The van der Waals surface area contributed by atoms with Crippen molar-refractivity contribution in [3.8, 4) is 23.3 Å². The number of nitrogens with zero attached hydrogens (tertiary/aromatic N) is 1. The van der Waals surface area contributed by atoms with Gasteiger partial charge in [-0.15, -0.1) is 0 Å². The molecule has 0 bridgehead atoms. The highest BCUT2D eigenvalue weighted by molar-refractivity contribution is 5.93. The van der Waals surface area contributed by atoms with Crippen molar-refractivity contribution in [1.82, 2.24) is 15.5 Å². The summed E-state index contributed by atoms with van der Waals surface area (Å²) in [6, 6.07) is 12.2. The van der Waals surface area contributed by atoms with Gasteiger partial charge in [0.25, 0.3) is 5.91 Å².